The largest absolute Gasteiger partial charge is 0.317 e. The molecule has 1 aromatic rings. The standard InChI is InChI=1S/C15H24N2/c1-13-4-6-14(7-5-13)12-15(17(2)3)8-10-16-11-9-15/h4-7,16H,8-12H2,1-3H3. The van der Waals surface area contributed by atoms with Gasteiger partial charge in [-0.2, -0.15) is 0 Å². The van der Waals surface area contributed by atoms with Gasteiger partial charge in [0.15, 0.2) is 0 Å². The van der Waals surface area contributed by atoms with E-state index >= 15 is 0 Å². The number of hydrogen-bond acceptors (Lipinski definition) is 2. The van der Waals surface area contributed by atoms with Crippen molar-refractivity contribution in [2.24, 2.45) is 0 Å². The molecular formula is C15H24N2. The van der Waals surface area contributed by atoms with Crippen molar-refractivity contribution in [2.75, 3.05) is 27.2 Å². The van der Waals surface area contributed by atoms with E-state index in [4.69, 9.17) is 0 Å². The molecule has 0 radical (unpaired) electrons. The maximum absolute atomic E-state index is 3.46. The molecule has 0 saturated carbocycles. The SMILES string of the molecule is Cc1ccc(CC2(N(C)C)CCNCC2)cc1. The predicted molar refractivity (Wildman–Crippen MR) is 73.4 cm³/mol. The van der Waals surface area contributed by atoms with Gasteiger partial charge < -0.3 is 10.2 Å². The minimum absolute atomic E-state index is 0.348. The zero-order chi connectivity index (χ0) is 12.3. The maximum Gasteiger partial charge on any atom is 0.0267 e. The molecule has 2 nitrogen and oxygen atoms in total. The first-order valence-electron chi connectivity index (χ1n) is 6.56. The van der Waals surface area contributed by atoms with E-state index in [2.05, 4.69) is 55.5 Å². The molecule has 1 fully saturated rings. The van der Waals surface area contributed by atoms with E-state index < -0.39 is 0 Å². The van der Waals surface area contributed by atoms with Gasteiger partial charge >= 0.3 is 0 Å². The highest BCUT2D eigenvalue weighted by molar-refractivity contribution is 5.23. The van der Waals surface area contributed by atoms with Crippen LogP contribution in [0.1, 0.15) is 24.0 Å². The summed E-state index contributed by atoms with van der Waals surface area (Å²) >= 11 is 0. The number of hydrogen-bond donors (Lipinski definition) is 1. The summed E-state index contributed by atoms with van der Waals surface area (Å²) in [7, 11) is 4.44. The number of rotatable bonds is 3. The van der Waals surface area contributed by atoms with Crippen molar-refractivity contribution in [3.63, 3.8) is 0 Å². The molecule has 1 N–H and O–H groups in total. The van der Waals surface area contributed by atoms with Gasteiger partial charge in [-0.05, 0) is 58.9 Å². The summed E-state index contributed by atoms with van der Waals surface area (Å²) in [6.07, 6.45) is 3.66. The summed E-state index contributed by atoms with van der Waals surface area (Å²) in [5.74, 6) is 0. The fraction of sp³-hybridized carbons (Fsp3) is 0.600. The average Bonchev–Trinajstić information content (AvgIpc) is 2.33. The van der Waals surface area contributed by atoms with Gasteiger partial charge in [0.05, 0.1) is 0 Å². The van der Waals surface area contributed by atoms with Crippen molar-refractivity contribution < 1.29 is 0 Å². The predicted octanol–water partition coefficient (Wildman–Crippen LogP) is 2.22. The molecule has 1 heterocycles. The minimum atomic E-state index is 0.348. The van der Waals surface area contributed by atoms with Crippen molar-refractivity contribution >= 4 is 0 Å². The van der Waals surface area contributed by atoms with Gasteiger partial charge in [0, 0.05) is 5.54 Å². The molecule has 17 heavy (non-hydrogen) atoms. The summed E-state index contributed by atoms with van der Waals surface area (Å²) < 4.78 is 0. The quantitative estimate of drug-likeness (QED) is 0.859. The van der Waals surface area contributed by atoms with E-state index in [-0.39, 0.29) is 0 Å². The number of nitrogens with one attached hydrogen (secondary N) is 1. The van der Waals surface area contributed by atoms with Gasteiger partial charge in [-0.25, -0.2) is 0 Å². The molecule has 1 aliphatic rings. The Morgan fingerprint density at radius 1 is 1.12 bits per heavy atom. The lowest BCUT2D eigenvalue weighted by atomic mass is 9.81. The normalized spacial score (nSPS) is 19.5. The molecule has 0 spiro atoms. The Morgan fingerprint density at radius 3 is 2.24 bits per heavy atom. The van der Waals surface area contributed by atoms with Crippen LogP contribution in [0.15, 0.2) is 24.3 Å². The molecule has 0 bridgehead atoms. The van der Waals surface area contributed by atoms with Gasteiger partial charge in [0.2, 0.25) is 0 Å². The van der Waals surface area contributed by atoms with Gasteiger partial charge in [-0.15, -0.1) is 0 Å². The van der Waals surface area contributed by atoms with Gasteiger partial charge in [0.1, 0.15) is 0 Å². The molecule has 0 aliphatic carbocycles. The first-order chi connectivity index (χ1) is 8.12. The third kappa shape index (κ3) is 2.88. The van der Waals surface area contributed by atoms with Crippen LogP contribution in [0.2, 0.25) is 0 Å². The molecule has 0 aromatic heterocycles. The van der Waals surface area contributed by atoms with E-state index in [1.165, 1.54) is 30.4 Å². The molecular weight excluding hydrogens is 208 g/mol. The van der Waals surface area contributed by atoms with Crippen molar-refractivity contribution in [3.8, 4) is 0 Å². The Morgan fingerprint density at radius 2 is 1.71 bits per heavy atom. The Labute approximate surface area is 105 Å². The van der Waals surface area contributed by atoms with Crippen LogP contribution in [0, 0.1) is 6.92 Å². The Kier molecular flexibility index (Phi) is 3.85. The number of piperidine rings is 1. The fourth-order valence-electron chi connectivity index (χ4n) is 2.76. The highest BCUT2D eigenvalue weighted by Gasteiger charge is 2.34. The molecule has 0 amide bonds. The van der Waals surface area contributed by atoms with Gasteiger partial charge in [0.25, 0.3) is 0 Å². The van der Waals surface area contributed by atoms with Crippen molar-refractivity contribution in [3.05, 3.63) is 35.4 Å². The van der Waals surface area contributed by atoms with E-state index in [1.54, 1.807) is 0 Å². The van der Waals surface area contributed by atoms with Crippen molar-refractivity contribution in [2.45, 2.75) is 31.7 Å². The van der Waals surface area contributed by atoms with Crippen LogP contribution in [0.25, 0.3) is 0 Å². The fourth-order valence-corrected chi connectivity index (χ4v) is 2.76. The third-order valence-electron chi connectivity index (χ3n) is 4.14. The van der Waals surface area contributed by atoms with Crippen molar-refractivity contribution in [1.29, 1.82) is 0 Å². The zero-order valence-electron chi connectivity index (χ0n) is 11.3. The van der Waals surface area contributed by atoms with Crippen LogP contribution >= 0.6 is 0 Å². The number of likely N-dealkylation sites (N-methyl/N-ethyl adjacent to an activating group) is 1. The monoisotopic (exact) mass is 232 g/mol. The van der Waals surface area contributed by atoms with Gasteiger partial charge in [-0.3, -0.25) is 0 Å². The summed E-state index contributed by atoms with van der Waals surface area (Å²) in [4.78, 5) is 2.42. The topological polar surface area (TPSA) is 15.3 Å². The Balaban J connectivity index is 2.14. The van der Waals surface area contributed by atoms with E-state index in [0.29, 0.717) is 5.54 Å². The minimum Gasteiger partial charge on any atom is -0.317 e. The zero-order valence-corrected chi connectivity index (χ0v) is 11.3. The van der Waals surface area contributed by atoms with Gasteiger partial charge in [-0.1, -0.05) is 29.8 Å². The molecule has 94 valence electrons. The molecule has 2 rings (SSSR count). The Hall–Kier alpha value is -0.860. The molecule has 0 atom stereocenters. The second-order valence-corrected chi connectivity index (χ2v) is 5.53. The van der Waals surface area contributed by atoms with E-state index in [0.717, 1.165) is 13.1 Å². The third-order valence-corrected chi connectivity index (χ3v) is 4.14. The first kappa shape index (κ1) is 12.6. The lowest BCUT2D eigenvalue weighted by Crippen LogP contribution is -2.53. The van der Waals surface area contributed by atoms with Crippen molar-refractivity contribution in [1.82, 2.24) is 10.2 Å². The number of nitrogens with zero attached hydrogens (tertiary/aromatic N) is 1. The highest BCUT2D eigenvalue weighted by atomic mass is 15.2. The second-order valence-electron chi connectivity index (χ2n) is 5.53. The van der Waals surface area contributed by atoms with Crippen LogP contribution in [0.5, 0.6) is 0 Å². The first-order valence-corrected chi connectivity index (χ1v) is 6.56. The molecule has 0 unspecified atom stereocenters. The van der Waals surface area contributed by atoms with Crippen LogP contribution in [0.4, 0.5) is 0 Å². The summed E-state index contributed by atoms with van der Waals surface area (Å²) in [5, 5.41) is 3.46. The summed E-state index contributed by atoms with van der Waals surface area (Å²) in [5.41, 5.74) is 3.16. The summed E-state index contributed by atoms with van der Waals surface area (Å²) in [6.45, 7) is 4.43. The lowest BCUT2D eigenvalue weighted by Gasteiger charge is -2.43. The smallest absolute Gasteiger partial charge is 0.0267 e. The van der Waals surface area contributed by atoms with Crippen LogP contribution < -0.4 is 5.32 Å². The average molecular weight is 232 g/mol. The second kappa shape index (κ2) is 5.19. The number of aryl methyl sites for hydroxylation is 1. The van der Waals surface area contributed by atoms with Crippen LogP contribution in [0.3, 0.4) is 0 Å². The van der Waals surface area contributed by atoms with E-state index in [1.807, 2.05) is 0 Å². The van der Waals surface area contributed by atoms with Crippen LogP contribution in [-0.4, -0.2) is 37.6 Å². The molecule has 2 heteroatoms. The molecule has 1 saturated heterocycles. The van der Waals surface area contributed by atoms with Crippen LogP contribution in [-0.2, 0) is 6.42 Å². The summed E-state index contributed by atoms with van der Waals surface area (Å²) in [6, 6.07) is 9.00. The maximum atomic E-state index is 3.46. The number of benzene rings is 1. The lowest BCUT2D eigenvalue weighted by molar-refractivity contribution is 0.108. The highest BCUT2D eigenvalue weighted by Crippen LogP contribution is 2.28. The molecule has 1 aliphatic heterocycles. The Bertz CT molecular complexity index is 348. The van der Waals surface area contributed by atoms with E-state index in [9.17, 15) is 0 Å². The molecule has 1 aromatic carbocycles.